The van der Waals surface area contributed by atoms with E-state index in [-0.39, 0.29) is 31.1 Å². The molecule has 0 atom stereocenters. The molecule has 0 aliphatic carbocycles. The van der Waals surface area contributed by atoms with E-state index in [1.807, 2.05) is 0 Å². The lowest BCUT2D eigenvalue weighted by molar-refractivity contribution is -0.384. The van der Waals surface area contributed by atoms with E-state index in [0.29, 0.717) is 6.07 Å². The first-order chi connectivity index (χ1) is 9.68. The lowest BCUT2D eigenvalue weighted by Crippen LogP contribution is -2.47. The molecule has 1 aromatic carbocycles. The van der Waals surface area contributed by atoms with Crippen molar-refractivity contribution in [3.8, 4) is 0 Å². The van der Waals surface area contributed by atoms with Crippen LogP contribution in [0, 0.1) is 16.0 Å². The Bertz CT molecular complexity index is 582. The van der Waals surface area contributed by atoms with Crippen molar-refractivity contribution in [1.29, 1.82) is 0 Å². The molecule has 9 heteroatoms. The van der Waals surface area contributed by atoms with Crippen molar-refractivity contribution in [3.63, 3.8) is 0 Å². The molecule has 1 heterocycles. The monoisotopic (exact) mass is 304 g/mol. The van der Waals surface area contributed by atoms with Crippen LogP contribution in [0.15, 0.2) is 18.2 Å². The number of nitrogens with zero attached hydrogens (tertiary/aromatic N) is 2. The van der Waals surface area contributed by atoms with E-state index < -0.39 is 28.3 Å². The van der Waals surface area contributed by atoms with E-state index in [2.05, 4.69) is 0 Å². The van der Waals surface area contributed by atoms with Gasteiger partial charge in [-0.25, -0.2) is 0 Å². The van der Waals surface area contributed by atoms with Gasteiger partial charge in [0.05, 0.1) is 16.9 Å². The van der Waals surface area contributed by atoms with Gasteiger partial charge in [-0.3, -0.25) is 14.9 Å². The number of carbonyl (C=O) groups is 1. The standard InChI is InChI=1S/C12H11F3N2O4/c13-12(14,15)8-1-2-9(10(4-8)17(20)21)16-5-7(6-16)3-11(18)19/h1-2,4,7H,3,5-6H2,(H,18,19). The first-order valence-corrected chi connectivity index (χ1v) is 6.01. The van der Waals surface area contributed by atoms with E-state index in [1.165, 1.54) is 4.90 Å². The Hall–Kier alpha value is -2.32. The van der Waals surface area contributed by atoms with E-state index in [1.54, 1.807) is 0 Å². The zero-order valence-electron chi connectivity index (χ0n) is 10.6. The summed E-state index contributed by atoms with van der Waals surface area (Å²) in [5, 5.41) is 19.5. The van der Waals surface area contributed by atoms with Crippen LogP contribution in [0.25, 0.3) is 0 Å². The summed E-state index contributed by atoms with van der Waals surface area (Å²) < 4.78 is 37.7. The highest BCUT2D eigenvalue weighted by atomic mass is 19.4. The molecular formula is C12H11F3N2O4. The summed E-state index contributed by atoms with van der Waals surface area (Å²) in [7, 11) is 0. The summed E-state index contributed by atoms with van der Waals surface area (Å²) >= 11 is 0. The number of nitro benzene ring substituents is 1. The molecule has 0 saturated carbocycles. The molecule has 0 spiro atoms. The lowest BCUT2D eigenvalue weighted by Gasteiger charge is -2.40. The van der Waals surface area contributed by atoms with E-state index in [9.17, 15) is 28.1 Å². The summed E-state index contributed by atoms with van der Waals surface area (Å²) in [6, 6.07) is 2.34. The van der Waals surface area contributed by atoms with Crippen molar-refractivity contribution >= 4 is 17.3 Å². The van der Waals surface area contributed by atoms with Crippen molar-refractivity contribution in [1.82, 2.24) is 0 Å². The number of hydrogen-bond donors (Lipinski definition) is 1. The Morgan fingerprint density at radius 3 is 2.52 bits per heavy atom. The third kappa shape index (κ3) is 3.23. The summed E-state index contributed by atoms with van der Waals surface area (Å²) in [6.45, 7) is 0.553. The number of alkyl halides is 3. The number of nitro groups is 1. The second-order valence-corrected chi connectivity index (χ2v) is 4.83. The highest BCUT2D eigenvalue weighted by Crippen LogP contribution is 2.38. The molecule has 1 saturated heterocycles. The molecule has 2 rings (SSSR count). The fourth-order valence-electron chi connectivity index (χ4n) is 2.26. The molecule has 1 aromatic rings. The molecule has 114 valence electrons. The van der Waals surface area contributed by atoms with E-state index in [0.717, 1.165) is 12.1 Å². The molecule has 0 aromatic heterocycles. The molecule has 0 amide bonds. The predicted molar refractivity (Wildman–Crippen MR) is 66.1 cm³/mol. The lowest BCUT2D eigenvalue weighted by atomic mass is 9.95. The van der Waals surface area contributed by atoms with Crippen LogP contribution >= 0.6 is 0 Å². The Balaban J connectivity index is 2.21. The fraction of sp³-hybridized carbons (Fsp3) is 0.417. The minimum absolute atomic E-state index is 0.0646. The van der Waals surface area contributed by atoms with Gasteiger partial charge in [0.25, 0.3) is 5.69 Å². The smallest absolute Gasteiger partial charge is 0.416 e. The molecule has 0 radical (unpaired) electrons. The Labute approximate surface area is 116 Å². The first kappa shape index (κ1) is 15.1. The molecule has 0 bridgehead atoms. The summed E-state index contributed by atoms with van der Waals surface area (Å²) in [5.41, 5.74) is -1.63. The molecule has 6 nitrogen and oxygen atoms in total. The van der Waals surface area contributed by atoms with Gasteiger partial charge in [-0.2, -0.15) is 13.2 Å². The minimum Gasteiger partial charge on any atom is -0.481 e. The second-order valence-electron chi connectivity index (χ2n) is 4.83. The zero-order chi connectivity index (χ0) is 15.8. The number of benzene rings is 1. The van der Waals surface area contributed by atoms with Gasteiger partial charge >= 0.3 is 12.1 Å². The minimum atomic E-state index is -4.65. The molecule has 0 unspecified atom stereocenters. The molecule has 21 heavy (non-hydrogen) atoms. The van der Waals surface area contributed by atoms with Gasteiger partial charge in [-0.15, -0.1) is 0 Å². The Morgan fingerprint density at radius 1 is 1.43 bits per heavy atom. The first-order valence-electron chi connectivity index (χ1n) is 6.01. The highest BCUT2D eigenvalue weighted by molar-refractivity contribution is 5.69. The summed E-state index contributed by atoms with van der Waals surface area (Å²) in [5.74, 6) is -1.12. The number of halogens is 3. The maximum Gasteiger partial charge on any atom is 0.416 e. The van der Waals surface area contributed by atoms with Crippen molar-refractivity contribution in [2.75, 3.05) is 18.0 Å². The molecular weight excluding hydrogens is 293 g/mol. The van der Waals surface area contributed by atoms with Gasteiger partial charge in [0.15, 0.2) is 0 Å². The molecule has 1 aliphatic heterocycles. The molecule has 1 N–H and O–H groups in total. The number of anilines is 1. The van der Waals surface area contributed by atoms with Crippen LogP contribution in [0.3, 0.4) is 0 Å². The third-order valence-electron chi connectivity index (χ3n) is 3.26. The largest absolute Gasteiger partial charge is 0.481 e. The van der Waals surface area contributed by atoms with Crippen LogP contribution in [-0.4, -0.2) is 29.1 Å². The van der Waals surface area contributed by atoms with Crippen LogP contribution in [0.2, 0.25) is 0 Å². The normalized spacial score (nSPS) is 15.7. The van der Waals surface area contributed by atoms with E-state index >= 15 is 0 Å². The highest BCUT2D eigenvalue weighted by Gasteiger charge is 2.36. The van der Waals surface area contributed by atoms with Crippen molar-refractivity contribution < 1.29 is 28.0 Å². The average Bonchev–Trinajstić information content (AvgIpc) is 2.31. The van der Waals surface area contributed by atoms with Crippen LogP contribution in [0.5, 0.6) is 0 Å². The topological polar surface area (TPSA) is 83.7 Å². The SMILES string of the molecule is O=C(O)CC1CN(c2ccc(C(F)(F)F)cc2[N+](=O)[O-])C1. The van der Waals surface area contributed by atoms with Gasteiger partial charge < -0.3 is 10.0 Å². The molecule has 1 fully saturated rings. The van der Waals surface area contributed by atoms with Crippen LogP contribution in [-0.2, 0) is 11.0 Å². The van der Waals surface area contributed by atoms with Crippen molar-refractivity contribution in [2.24, 2.45) is 5.92 Å². The van der Waals surface area contributed by atoms with Crippen LogP contribution in [0.1, 0.15) is 12.0 Å². The number of carboxylic acids is 1. The van der Waals surface area contributed by atoms with Crippen LogP contribution in [0.4, 0.5) is 24.5 Å². The maximum absolute atomic E-state index is 12.6. The van der Waals surface area contributed by atoms with Gasteiger partial charge in [0.1, 0.15) is 5.69 Å². The van der Waals surface area contributed by atoms with Crippen molar-refractivity contribution in [3.05, 3.63) is 33.9 Å². The van der Waals surface area contributed by atoms with E-state index in [4.69, 9.17) is 5.11 Å². The van der Waals surface area contributed by atoms with Crippen molar-refractivity contribution in [2.45, 2.75) is 12.6 Å². The quantitative estimate of drug-likeness (QED) is 0.682. The van der Waals surface area contributed by atoms with Gasteiger partial charge in [0.2, 0.25) is 0 Å². The zero-order valence-corrected chi connectivity index (χ0v) is 10.6. The van der Waals surface area contributed by atoms with Gasteiger partial charge in [0, 0.05) is 25.1 Å². The second kappa shape index (κ2) is 5.23. The number of carboxylic acid groups (broad SMARTS) is 1. The van der Waals surface area contributed by atoms with Crippen LogP contribution < -0.4 is 4.90 Å². The van der Waals surface area contributed by atoms with Gasteiger partial charge in [-0.1, -0.05) is 0 Å². The Morgan fingerprint density at radius 2 is 2.05 bits per heavy atom. The number of hydrogen-bond acceptors (Lipinski definition) is 4. The van der Waals surface area contributed by atoms with Gasteiger partial charge in [-0.05, 0) is 12.1 Å². The third-order valence-corrected chi connectivity index (χ3v) is 3.26. The Kier molecular flexibility index (Phi) is 3.75. The number of aliphatic carboxylic acids is 1. The maximum atomic E-state index is 12.6. The average molecular weight is 304 g/mol. The fourth-order valence-corrected chi connectivity index (χ4v) is 2.26. The predicted octanol–water partition coefficient (Wildman–Crippen LogP) is 2.52. The number of rotatable bonds is 4. The summed E-state index contributed by atoms with van der Waals surface area (Å²) in [6.07, 6.45) is -4.71. The summed E-state index contributed by atoms with van der Waals surface area (Å²) in [4.78, 5) is 22.1. The molecule has 1 aliphatic rings.